The second-order valence-corrected chi connectivity index (χ2v) is 5.12. The number of piperazine rings is 1. The van der Waals surface area contributed by atoms with Crippen molar-refractivity contribution in [3.8, 4) is 6.07 Å². The second-order valence-electron chi connectivity index (χ2n) is 5.12. The van der Waals surface area contributed by atoms with Crippen molar-refractivity contribution >= 4 is 5.91 Å². The van der Waals surface area contributed by atoms with Gasteiger partial charge in [0, 0.05) is 12.1 Å². The largest absolute Gasteiger partial charge is 0.468 e. The zero-order chi connectivity index (χ0) is 13.2. The molecule has 1 saturated heterocycles. The van der Waals surface area contributed by atoms with Gasteiger partial charge in [0.15, 0.2) is 0 Å². The van der Waals surface area contributed by atoms with Crippen LogP contribution in [0.25, 0.3) is 0 Å². The van der Waals surface area contributed by atoms with E-state index in [2.05, 4.69) is 25.2 Å². The Morgan fingerprint density at radius 3 is 3.06 bits per heavy atom. The van der Waals surface area contributed by atoms with Crippen LogP contribution in [0.4, 0.5) is 0 Å². The van der Waals surface area contributed by atoms with E-state index in [0.717, 1.165) is 5.76 Å². The van der Waals surface area contributed by atoms with Gasteiger partial charge in [-0.05, 0) is 26.0 Å². The van der Waals surface area contributed by atoms with Crippen molar-refractivity contribution in [3.63, 3.8) is 0 Å². The van der Waals surface area contributed by atoms with Crippen molar-refractivity contribution in [2.75, 3.05) is 6.54 Å². The Hall–Kier alpha value is -1.80. The predicted molar refractivity (Wildman–Crippen MR) is 65.4 cm³/mol. The summed E-state index contributed by atoms with van der Waals surface area (Å²) in [5.74, 6) is 0.725. The van der Waals surface area contributed by atoms with Gasteiger partial charge in [-0.1, -0.05) is 0 Å². The average Bonchev–Trinajstić information content (AvgIpc) is 2.82. The number of hydrogen-bond acceptors (Lipinski definition) is 4. The molecule has 5 nitrogen and oxygen atoms in total. The van der Waals surface area contributed by atoms with Gasteiger partial charge in [-0.2, -0.15) is 5.26 Å². The summed E-state index contributed by atoms with van der Waals surface area (Å²) >= 11 is 0. The lowest BCUT2D eigenvalue weighted by molar-refractivity contribution is -0.134. The van der Waals surface area contributed by atoms with E-state index in [1.165, 1.54) is 0 Å². The molecule has 5 heteroatoms. The lowest BCUT2D eigenvalue weighted by atomic mass is 9.94. The molecule has 18 heavy (non-hydrogen) atoms. The summed E-state index contributed by atoms with van der Waals surface area (Å²) in [5.41, 5.74) is -0.192. The number of hydrogen-bond donors (Lipinski definition) is 1. The molecule has 1 aromatic heterocycles. The summed E-state index contributed by atoms with van der Waals surface area (Å²) in [5, 5.41) is 11.7. The van der Waals surface area contributed by atoms with Gasteiger partial charge in [-0.15, -0.1) is 0 Å². The van der Waals surface area contributed by atoms with Crippen molar-refractivity contribution in [1.82, 2.24) is 10.2 Å². The Balaban J connectivity index is 2.23. The van der Waals surface area contributed by atoms with Gasteiger partial charge in [0.25, 0.3) is 0 Å². The molecule has 2 rings (SSSR count). The van der Waals surface area contributed by atoms with E-state index in [9.17, 15) is 4.79 Å². The standard InChI is InChI=1S/C13H17N3O2/c1-13(2)9-15-12(17)11(5-6-14)16(13)8-10-4-3-7-18-10/h3-4,7,11H,5,8-9H2,1-2H3,(H,15,17). The molecule has 1 unspecified atom stereocenters. The highest BCUT2D eigenvalue weighted by Crippen LogP contribution is 2.25. The minimum absolute atomic E-state index is 0.0811. The molecule has 0 aliphatic carbocycles. The van der Waals surface area contributed by atoms with Crippen LogP contribution in [0.1, 0.15) is 26.0 Å². The molecule has 0 saturated carbocycles. The number of furan rings is 1. The monoisotopic (exact) mass is 247 g/mol. The van der Waals surface area contributed by atoms with Crippen LogP contribution in [0.5, 0.6) is 0 Å². The van der Waals surface area contributed by atoms with Crippen LogP contribution in [-0.4, -0.2) is 28.9 Å². The Labute approximate surface area is 106 Å². The molecule has 0 aromatic carbocycles. The van der Waals surface area contributed by atoms with Crippen LogP contribution >= 0.6 is 0 Å². The predicted octanol–water partition coefficient (Wildman–Crippen LogP) is 1.27. The Kier molecular flexibility index (Phi) is 3.39. The van der Waals surface area contributed by atoms with E-state index in [4.69, 9.17) is 9.68 Å². The maximum atomic E-state index is 11.9. The number of rotatable bonds is 3. The first-order valence-corrected chi connectivity index (χ1v) is 5.98. The molecule has 1 fully saturated rings. The maximum absolute atomic E-state index is 11.9. The van der Waals surface area contributed by atoms with Gasteiger partial charge < -0.3 is 9.73 Å². The number of nitrogens with zero attached hydrogens (tertiary/aromatic N) is 2. The lowest BCUT2D eigenvalue weighted by Gasteiger charge is -2.46. The van der Waals surface area contributed by atoms with Crippen molar-refractivity contribution in [1.29, 1.82) is 5.26 Å². The quantitative estimate of drug-likeness (QED) is 0.873. The molecule has 1 aliphatic heterocycles. The molecule has 1 aromatic rings. The highest BCUT2D eigenvalue weighted by molar-refractivity contribution is 5.83. The number of nitrogens with one attached hydrogen (secondary N) is 1. The third kappa shape index (κ3) is 2.39. The van der Waals surface area contributed by atoms with Gasteiger partial charge >= 0.3 is 0 Å². The first kappa shape index (κ1) is 12.7. The van der Waals surface area contributed by atoms with Crippen LogP contribution in [-0.2, 0) is 11.3 Å². The summed E-state index contributed by atoms with van der Waals surface area (Å²) in [6.07, 6.45) is 1.81. The van der Waals surface area contributed by atoms with E-state index < -0.39 is 6.04 Å². The second kappa shape index (κ2) is 4.83. The first-order valence-electron chi connectivity index (χ1n) is 5.98. The van der Waals surface area contributed by atoms with Crippen molar-refractivity contribution in [2.24, 2.45) is 0 Å². The summed E-state index contributed by atoms with van der Waals surface area (Å²) < 4.78 is 5.34. The topological polar surface area (TPSA) is 69.3 Å². The van der Waals surface area contributed by atoms with Crippen LogP contribution in [0.15, 0.2) is 22.8 Å². The maximum Gasteiger partial charge on any atom is 0.238 e. The molecule has 0 bridgehead atoms. The number of amides is 1. The summed E-state index contributed by atoms with van der Waals surface area (Å²) in [7, 11) is 0. The summed E-state index contributed by atoms with van der Waals surface area (Å²) in [6.45, 7) is 5.23. The first-order chi connectivity index (χ1) is 8.54. The van der Waals surface area contributed by atoms with Crippen molar-refractivity contribution < 1.29 is 9.21 Å². The molecule has 0 spiro atoms. The fourth-order valence-electron chi connectivity index (χ4n) is 2.27. The minimum atomic E-state index is -0.413. The summed E-state index contributed by atoms with van der Waals surface area (Å²) in [4.78, 5) is 13.9. The van der Waals surface area contributed by atoms with E-state index in [1.54, 1.807) is 6.26 Å². The van der Waals surface area contributed by atoms with E-state index in [0.29, 0.717) is 13.1 Å². The Morgan fingerprint density at radius 1 is 1.67 bits per heavy atom. The molecule has 1 aliphatic rings. The van der Waals surface area contributed by atoms with E-state index >= 15 is 0 Å². The Bertz CT molecular complexity index is 459. The average molecular weight is 247 g/mol. The molecular formula is C13H17N3O2. The molecular weight excluding hydrogens is 230 g/mol. The lowest BCUT2D eigenvalue weighted by Crippen LogP contribution is -2.64. The van der Waals surface area contributed by atoms with Crippen LogP contribution < -0.4 is 5.32 Å². The van der Waals surface area contributed by atoms with Gasteiger partial charge in [0.05, 0.1) is 25.3 Å². The normalized spacial score (nSPS) is 23.4. The molecule has 1 N–H and O–H groups in total. The van der Waals surface area contributed by atoms with Gasteiger partial charge in [0.1, 0.15) is 11.8 Å². The highest BCUT2D eigenvalue weighted by Gasteiger charge is 2.41. The van der Waals surface area contributed by atoms with E-state index in [1.807, 2.05) is 17.0 Å². The Morgan fingerprint density at radius 2 is 2.44 bits per heavy atom. The van der Waals surface area contributed by atoms with E-state index in [-0.39, 0.29) is 17.9 Å². The third-order valence-electron chi connectivity index (χ3n) is 3.34. The minimum Gasteiger partial charge on any atom is -0.468 e. The molecule has 1 amide bonds. The molecule has 96 valence electrons. The summed E-state index contributed by atoms with van der Waals surface area (Å²) in [6, 6.07) is 5.38. The van der Waals surface area contributed by atoms with Crippen molar-refractivity contribution in [3.05, 3.63) is 24.2 Å². The smallest absolute Gasteiger partial charge is 0.238 e. The fraction of sp³-hybridized carbons (Fsp3) is 0.538. The van der Waals surface area contributed by atoms with Crippen molar-refractivity contribution in [2.45, 2.75) is 38.4 Å². The number of carbonyl (C=O) groups is 1. The van der Waals surface area contributed by atoms with Gasteiger partial charge in [-0.25, -0.2) is 0 Å². The highest BCUT2D eigenvalue weighted by atomic mass is 16.3. The van der Waals surface area contributed by atoms with Gasteiger partial charge in [-0.3, -0.25) is 9.69 Å². The molecule has 1 atom stereocenters. The zero-order valence-corrected chi connectivity index (χ0v) is 10.6. The zero-order valence-electron chi connectivity index (χ0n) is 10.6. The number of nitriles is 1. The van der Waals surface area contributed by atoms with Crippen LogP contribution in [0.2, 0.25) is 0 Å². The fourth-order valence-corrected chi connectivity index (χ4v) is 2.27. The SMILES string of the molecule is CC1(C)CNC(=O)C(CC#N)N1Cc1ccco1. The molecule has 2 heterocycles. The van der Waals surface area contributed by atoms with Gasteiger partial charge in [0.2, 0.25) is 5.91 Å². The van der Waals surface area contributed by atoms with Crippen LogP contribution in [0.3, 0.4) is 0 Å². The van der Waals surface area contributed by atoms with Crippen LogP contribution in [0, 0.1) is 11.3 Å². The third-order valence-corrected chi connectivity index (χ3v) is 3.34. The number of carbonyl (C=O) groups excluding carboxylic acids is 1. The molecule has 0 radical (unpaired) electrons.